The SMILES string of the molecule is COc1c(-c2ccc(Cl)cc2Cl)oc2ccccc2c1=O. The summed E-state index contributed by atoms with van der Waals surface area (Å²) in [4.78, 5) is 12.5. The minimum absolute atomic E-state index is 0.123. The second-order valence-corrected chi connectivity index (χ2v) is 5.26. The van der Waals surface area contributed by atoms with Gasteiger partial charge in [-0.1, -0.05) is 35.3 Å². The van der Waals surface area contributed by atoms with Gasteiger partial charge >= 0.3 is 0 Å². The second-order valence-electron chi connectivity index (χ2n) is 4.41. The summed E-state index contributed by atoms with van der Waals surface area (Å²) >= 11 is 12.1. The summed E-state index contributed by atoms with van der Waals surface area (Å²) in [6, 6.07) is 11.9. The van der Waals surface area contributed by atoms with Gasteiger partial charge in [0.05, 0.1) is 17.5 Å². The third-order valence-electron chi connectivity index (χ3n) is 3.14. The van der Waals surface area contributed by atoms with Crippen molar-refractivity contribution in [1.82, 2.24) is 0 Å². The summed E-state index contributed by atoms with van der Waals surface area (Å²) in [5.74, 6) is 0.417. The number of hydrogen-bond donors (Lipinski definition) is 0. The van der Waals surface area contributed by atoms with E-state index >= 15 is 0 Å². The normalized spacial score (nSPS) is 10.8. The number of benzene rings is 2. The Balaban J connectivity index is 2.39. The lowest BCUT2D eigenvalue weighted by Crippen LogP contribution is -2.07. The summed E-state index contributed by atoms with van der Waals surface area (Å²) < 4.78 is 11.0. The van der Waals surface area contributed by atoms with E-state index in [-0.39, 0.29) is 11.2 Å². The monoisotopic (exact) mass is 320 g/mol. The molecule has 21 heavy (non-hydrogen) atoms. The molecule has 0 N–H and O–H groups in total. The molecule has 1 heterocycles. The maximum atomic E-state index is 12.5. The molecule has 0 radical (unpaired) electrons. The fourth-order valence-corrected chi connectivity index (χ4v) is 2.66. The number of hydrogen-bond acceptors (Lipinski definition) is 3. The molecule has 0 fully saturated rings. The average Bonchev–Trinajstić information content (AvgIpc) is 2.47. The lowest BCUT2D eigenvalue weighted by molar-refractivity contribution is 0.399. The Morgan fingerprint density at radius 3 is 2.57 bits per heavy atom. The van der Waals surface area contributed by atoms with Crippen molar-refractivity contribution in [3.63, 3.8) is 0 Å². The predicted molar refractivity (Wildman–Crippen MR) is 84.5 cm³/mol. The van der Waals surface area contributed by atoms with Gasteiger partial charge in [0.15, 0.2) is 5.76 Å². The molecule has 0 amide bonds. The van der Waals surface area contributed by atoms with Crippen LogP contribution in [0.2, 0.25) is 10.0 Å². The largest absolute Gasteiger partial charge is 0.490 e. The molecule has 0 saturated carbocycles. The molecule has 0 aliphatic heterocycles. The summed E-state index contributed by atoms with van der Waals surface area (Å²) in [6.45, 7) is 0. The highest BCUT2D eigenvalue weighted by Crippen LogP contribution is 2.36. The van der Waals surface area contributed by atoms with Crippen LogP contribution < -0.4 is 10.2 Å². The van der Waals surface area contributed by atoms with E-state index < -0.39 is 0 Å². The first-order chi connectivity index (χ1) is 10.1. The molecule has 0 aliphatic carbocycles. The maximum absolute atomic E-state index is 12.5. The van der Waals surface area contributed by atoms with E-state index in [9.17, 15) is 4.79 Å². The lowest BCUT2D eigenvalue weighted by atomic mass is 10.1. The third kappa shape index (κ3) is 2.39. The molecule has 0 spiro atoms. The summed E-state index contributed by atoms with van der Waals surface area (Å²) in [5, 5.41) is 1.35. The minimum Gasteiger partial charge on any atom is -0.490 e. The van der Waals surface area contributed by atoms with Crippen LogP contribution in [0.1, 0.15) is 0 Å². The topological polar surface area (TPSA) is 39.4 Å². The van der Waals surface area contributed by atoms with Gasteiger partial charge in [-0.3, -0.25) is 4.79 Å². The van der Waals surface area contributed by atoms with E-state index in [4.69, 9.17) is 32.4 Å². The van der Waals surface area contributed by atoms with Crippen molar-refractivity contribution in [2.75, 3.05) is 7.11 Å². The number of fused-ring (bicyclic) bond motifs is 1. The molecule has 1 aromatic heterocycles. The summed E-state index contributed by atoms with van der Waals surface area (Å²) in [7, 11) is 1.42. The van der Waals surface area contributed by atoms with Crippen molar-refractivity contribution < 1.29 is 9.15 Å². The van der Waals surface area contributed by atoms with Crippen LogP contribution in [0.3, 0.4) is 0 Å². The number of para-hydroxylation sites is 1. The molecule has 2 aromatic carbocycles. The van der Waals surface area contributed by atoms with Gasteiger partial charge in [0.1, 0.15) is 5.58 Å². The Bertz CT molecular complexity index is 884. The molecular weight excluding hydrogens is 311 g/mol. The van der Waals surface area contributed by atoms with Crippen LogP contribution in [-0.2, 0) is 0 Å². The molecule has 3 nitrogen and oxygen atoms in total. The maximum Gasteiger partial charge on any atom is 0.235 e. The van der Waals surface area contributed by atoms with Gasteiger partial charge in [-0.25, -0.2) is 0 Å². The molecule has 106 valence electrons. The second kappa shape index (κ2) is 5.43. The first kappa shape index (κ1) is 14.0. The fraction of sp³-hybridized carbons (Fsp3) is 0.0625. The first-order valence-corrected chi connectivity index (χ1v) is 6.92. The molecule has 3 rings (SSSR count). The summed E-state index contributed by atoms with van der Waals surface area (Å²) in [5.41, 5.74) is 0.797. The van der Waals surface area contributed by atoms with Crippen LogP contribution in [0.4, 0.5) is 0 Å². The predicted octanol–water partition coefficient (Wildman–Crippen LogP) is 4.78. The van der Waals surface area contributed by atoms with E-state index in [1.807, 2.05) is 0 Å². The highest BCUT2D eigenvalue weighted by Gasteiger charge is 2.18. The van der Waals surface area contributed by atoms with Crippen LogP contribution in [0, 0.1) is 0 Å². The van der Waals surface area contributed by atoms with Gasteiger partial charge in [-0.2, -0.15) is 0 Å². The quantitative estimate of drug-likeness (QED) is 0.682. The van der Waals surface area contributed by atoms with Crippen LogP contribution in [0.15, 0.2) is 51.7 Å². The van der Waals surface area contributed by atoms with Crippen molar-refractivity contribution in [2.45, 2.75) is 0 Å². The molecule has 0 bridgehead atoms. The Morgan fingerprint density at radius 2 is 1.86 bits per heavy atom. The molecular formula is C16H10Cl2O3. The standard InChI is InChI=1S/C16H10Cl2O3/c1-20-16-14(19)11-4-2-3-5-13(11)21-15(16)10-7-6-9(17)8-12(10)18/h2-8H,1H3. The molecule has 5 heteroatoms. The average molecular weight is 321 g/mol. The zero-order valence-electron chi connectivity index (χ0n) is 11.0. The Labute approximate surface area is 130 Å². The van der Waals surface area contributed by atoms with E-state index in [1.165, 1.54) is 7.11 Å². The highest BCUT2D eigenvalue weighted by atomic mass is 35.5. The first-order valence-electron chi connectivity index (χ1n) is 6.17. The van der Waals surface area contributed by atoms with Crippen LogP contribution in [0.5, 0.6) is 5.75 Å². The van der Waals surface area contributed by atoms with Crippen molar-refractivity contribution in [3.05, 3.63) is 62.7 Å². The van der Waals surface area contributed by atoms with E-state index in [0.717, 1.165) is 0 Å². The van der Waals surface area contributed by atoms with E-state index in [0.29, 0.717) is 32.3 Å². The van der Waals surface area contributed by atoms with Crippen molar-refractivity contribution in [3.8, 4) is 17.1 Å². The molecule has 0 atom stereocenters. The number of halogens is 2. The van der Waals surface area contributed by atoms with Crippen molar-refractivity contribution in [1.29, 1.82) is 0 Å². The Morgan fingerprint density at radius 1 is 1.10 bits per heavy atom. The van der Waals surface area contributed by atoms with E-state index in [1.54, 1.807) is 42.5 Å². The Hall–Kier alpha value is -1.97. The zero-order valence-corrected chi connectivity index (χ0v) is 12.5. The number of ether oxygens (including phenoxy) is 1. The zero-order chi connectivity index (χ0) is 15.0. The minimum atomic E-state index is -0.236. The van der Waals surface area contributed by atoms with Gasteiger partial charge in [0, 0.05) is 10.6 Å². The molecule has 3 aromatic rings. The summed E-state index contributed by atoms with van der Waals surface area (Å²) in [6.07, 6.45) is 0. The van der Waals surface area contributed by atoms with E-state index in [2.05, 4.69) is 0 Å². The van der Waals surface area contributed by atoms with Gasteiger partial charge < -0.3 is 9.15 Å². The number of methoxy groups -OCH3 is 1. The Kier molecular flexibility index (Phi) is 3.62. The number of rotatable bonds is 2. The highest BCUT2D eigenvalue weighted by molar-refractivity contribution is 6.36. The fourth-order valence-electron chi connectivity index (χ4n) is 2.16. The van der Waals surface area contributed by atoms with Gasteiger partial charge in [0.25, 0.3) is 0 Å². The third-order valence-corrected chi connectivity index (χ3v) is 3.68. The molecule has 0 unspecified atom stereocenters. The van der Waals surface area contributed by atoms with Crippen molar-refractivity contribution in [2.24, 2.45) is 0 Å². The smallest absolute Gasteiger partial charge is 0.235 e. The van der Waals surface area contributed by atoms with Crippen LogP contribution >= 0.6 is 23.2 Å². The molecule has 0 aliphatic rings. The van der Waals surface area contributed by atoms with Gasteiger partial charge in [-0.05, 0) is 30.3 Å². The van der Waals surface area contributed by atoms with Crippen LogP contribution in [0.25, 0.3) is 22.3 Å². The lowest BCUT2D eigenvalue weighted by Gasteiger charge is -2.10. The van der Waals surface area contributed by atoms with Crippen LogP contribution in [-0.4, -0.2) is 7.11 Å². The van der Waals surface area contributed by atoms with Crippen molar-refractivity contribution >= 4 is 34.2 Å². The van der Waals surface area contributed by atoms with Gasteiger partial charge in [0.2, 0.25) is 11.2 Å². The van der Waals surface area contributed by atoms with Gasteiger partial charge in [-0.15, -0.1) is 0 Å². The molecule has 0 saturated heterocycles.